The lowest BCUT2D eigenvalue weighted by Crippen LogP contribution is -2.59. The molecule has 3 fully saturated rings. The third-order valence-corrected chi connectivity index (χ3v) is 15.2. The van der Waals surface area contributed by atoms with Gasteiger partial charge in [-0.25, -0.2) is 4.79 Å². The lowest BCUT2D eigenvalue weighted by atomic mass is 9.99. The van der Waals surface area contributed by atoms with Gasteiger partial charge in [-0.3, -0.25) is 14.4 Å². The van der Waals surface area contributed by atoms with Crippen molar-refractivity contribution in [3.05, 3.63) is 0 Å². The third-order valence-electron chi connectivity index (χ3n) is 13.7. The summed E-state index contributed by atoms with van der Waals surface area (Å²) in [6, 6.07) is 0.110. The van der Waals surface area contributed by atoms with E-state index in [0.29, 0.717) is 37.6 Å². The molecule has 0 bridgehead atoms. The Kier molecular flexibility index (Phi) is 33.2. The Hall–Kier alpha value is -2.21. The maximum absolute atomic E-state index is 13.0. The molecule has 16 heteroatoms. The van der Waals surface area contributed by atoms with Crippen molar-refractivity contribution in [1.82, 2.24) is 26.6 Å². The zero-order valence-corrected chi connectivity index (χ0v) is 42.3. The number of hydrogen-bond acceptors (Lipinski definition) is 11. The highest BCUT2D eigenvalue weighted by molar-refractivity contribution is 8.00. The highest BCUT2D eigenvalue weighted by Crippen LogP contribution is 2.33. The van der Waals surface area contributed by atoms with Crippen LogP contribution in [0, 0.1) is 0 Å². The zero-order valence-electron chi connectivity index (χ0n) is 41.5. The minimum atomic E-state index is -1.51. The fraction of sp³-hybridized carbons (Fsp3) is 0.922. The van der Waals surface area contributed by atoms with Crippen LogP contribution in [0.15, 0.2) is 0 Å². The molecule has 0 aromatic heterocycles. The Morgan fingerprint density at radius 2 is 1.13 bits per heavy atom. The van der Waals surface area contributed by atoms with Crippen LogP contribution >= 0.6 is 11.8 Å². The first-order valence-electron chi connectivity index (χ1n) is 27.1. The maximum atomic E-state index is 13.0. The second kappa shape index (κ2) is 37.6. The van der Waals surface area contributed by atoms with E-state index in [-0.39, 0.29) is 48.5 Å². The number of aliphatic hydroxyl groups excluding tert-OH is 4. The van der Waals surface area contributed by atoms with Crippen molar-refractivity contribution in [2.45, 2.75) is 266 Å². The monoisotopic (exact) mass is 970 g/mol. The summed E-state index contributed by atoms with van der Waals surface area (Å²) in [6.07, 6.45) is 26.9. The van der Waals surface area contributed by atoms with Crippen LogP contribution in [-0.4, -0.2) is 130 Å². The zero-order chi connectivity index (χ0) is 48.3. The van der Waals surface area contributed by atoms with E-state index in [4.69, 9.17) is 9.47 Å². The smallest absolute Gasteiger partial charge is 0.315 e. The first-order valence-corrected chi connectivity index (χ1v) is 28.1. The van der Waals surface area contributed by atoms with Gasteiger partial charge >= 0.3 is 6.03 Å². The van der Waals surface area contributed by atoms with Gasteiger partial charge in [-0.2, -0.15) is 11.8 Å². The largest absolute Gasteiger partial charge is 0.394 e. The number of unbranched alkanes of at least 4 members (excludes halogenated alkanes) is 23. The molecule has 3 saturated heterocycles. The molecular formula is C51H95N5O10S. The van der Waals surface area contributed by atoms with Crippen LogP contribution < -0.4 is 26.6 Å². The predicted octanol–water partition coefficient (Wildman–Crippen LogP) is 7.19. The molecule has 3 heterocycles. The molecule has 0 unspecified atom stereocenters. The molecule has 3 aliphatic rings. The van der Waals surface area contributed by atoms with Gasteiger partial charge in [0.25, 0.3) is 0 Å². The summed E-state index contributed by atoms with van der Waals surface area (Å²) < 4.78 is 11.4. The molecule has 0 saturated carbocycles. The Morgan fingerprint density at radius 3 is 1.70 bits per heavy atom. The van der Waals surface area contributed by atoms with Crippen molar-refractivity contribution < 1.29 is 49.1 Å². The molecule has 390 valence electrons. The summed E-state index contributed by atoms with van der Waals surface area (Å²) in [5, 5.41) is 55.9. The van der Waals surface area contributed by atoms with Gasteiger partial charge in [0.05, 0.1) is 31.3 Å². The van der Waals surface area contributed by atoms with Crippen molar-refractivity contribution in [3.63, 3.8) is 0 Å². The molecule has 67 heavy (non-hydrogen) atoms. The highest BCUT2D eigenvalue weighted by Gasteiger charge is 2.44. The Balaban J connectivity index is 1.14. The number of thioether (sulfide) groups is 1. The molecule has 9 N–H and O–H groups in total. The van der Waals surface area contributed by atoms with Gasteiger partial charge < -0.3 is 56.5 Å². The number of hydrogen-bond donors (Lipinski definition) is 9. The Labute approximate surface area is 408 Å². The van der Waals surface area contributed by atoms with Gasteiger partial charge in [-0.05, 0) is 44.9 Å². The van der Waals surface area contributed by atoms with Crippen LogP contribution in [-0.2, 0) is 23.9 Å². The number of aliphatic hydroxyl groups is 4. The van der Waals surface area contributed by atoms with E-state index in [2.05, 4.69) is 33.5 Å². The number of carbonyl (C=O) groups is 4. The molecule has 15 nitrogen and oxygen atoms in total. The SMILES string of the molecule is CCCCCCCCCCCCCCCC[C@H](CO[C@H]1O[C@@H](CO)[C@H](O)[C@H](O)[C@@H]1O)NC(=O)CCCCCCCCCCNC(=O)CCCCCNC(=O)CCCC[C@@H]1SC[C@@H]2NC(=O)N[C@@H]21. The van der Waals surface area contributed by atoms with Crippen LogP contribution in [0.4, 0.5) is 4.79 Å². The van der Waals surface area contributed by atoms with Gasteiger partial charge in [-0.1, -0.05) is 148 Å². The van der Waals surface area contributed by atoms with Crippen LogP contribution in [0.1, 0.15) is 212 Å². The minimum Gasteiger partial charge on any atom is -0.394 e. The van der Waals surface area contributed by atoms with Gasteiger partial charge in [0.15, 0.2) is 6.29 Å². The van der Waals surface area contributed by atoms with Crippen LogP contribution in [0.3, 0.4) is 0 Å². The summed E-state index contributed by atoms with van der Waals surface area (Å²) in [4.78, 5) is 49.0. The highest BCUT2D eigenvalue weighted by atomic mass is 32.2. The maximum Gasteiger partial charge on any atom is 0.315 e. The van der Waals surface area contributed by atoms with Crippen molar-refractivity contribution >= 4 is 35.5 Å². The van der Waals surface area contributed by atoms with E-state index >= 15 is 0 Å². The van der Waals surface area contributed by atoms with E-state index in [0.717, 1.165) is 121 Å². The second-order valence-corrected chi connectivity index (χ2v) is 20.9. The molecule has 3 aliphatic heterocycles. The lowest BCUT2D eigenvalue weighted by molar-refractivity contribution is -0.302. The number of carbonyl (C=O) groups excluding carboxylic acids is 4. The summed E-state index contributed by atoms with van der Waals surface area (Å²) in [7, 11) is 0. The van der Waals surface area contributed by atoms with Crippen molar-refractivity contribution in [1.29, 1.82) is 0 Å². The molecule has 0 aromatic rings. The number of rotatable bonds is 42. The molecule has 9 atom stereocenters. The molecule has 5 amide bonds. The normalized spacial score (nSPS) is 23.9. The van der Waals surface area contributed by atoms with Gasteiger partial charge in [0, 0.05) is 43.4 Å². The second-order valence-electron chi connectivity index (χ2n) is 19.6. The van der Waals surface area contributed by atoms with Gasteiger partial charge in [-0.15, -0.1) is 0 Å². The summed E-state index contributed by atoms with van der Waals surface area (Å²) in [5.41, 5.74) is 0. The van der Waals surface area contributed by atoms with Crippen molar-refractivity contribution in [2.24, 2.45) is 0 Å². The van der Waals surface area contributed by atoms with Crippen molar-refractivity contribution in [3.8, 4) is 0 Å². The molecule has 3 rings (SSSR count). The van der Waals surface area contributed by atoms with Gasteiger partial charge in [0.2, 0.25) is 17.7 Å². The first-order chi connectivity index (χ1) is 32.6. The quantitative estimate of drug-likeness (QED) is 0.0220. The Bertz CT molecular complexity index is 1320. The number of fused-ring (bicyclic) bond motifs is 1. The Morgan fingerprint density at radius 1 is 0.642 bits per heavy atom. The van der Waals surface area contributed by atoms with Gasteiger partial charge in [0.1, 0.15) is 24.4 Å². The first kappa shape index (κ1) is 59.1. The fourth-order valence-electron chi connectivity index (χ4n) is 9.46. The summed E-state index contributed by atoms with van der Waals surface area (Å²) in [5.74, 6) is 1.10. The average Bonchev–Trinajstić information content (AvgIpc) is 3.88. The van der Waals surface area contributed by atoms with Crippen LogP contribution in [0.5, 0.6) is 0 Å². The fourth-order valence-corrected chi connectivity index (χ4v) is 11.0. The van der Waals surface area contributed by atoms with E-state index < -0.39 is 37.3 Å². The summed E-state index contributed by atoms with van der Waals surface area (Å²) >= 11 is 1.91. The number of ether oxygens (including phenoxy) is 2. The van der Waals surface area contributed by atoms with E-state index in [1.807, 2.05) is 11.8 Å². The number of urea groups is 1. The van der Waals surface area contributed by atoms with E-state index in [1.165, 1.54) is 70.6 Å². The van der Waals surface area contributed by atoms with E-state index in [1.54, 1.807) is 0 Å². The molecule has 0 spiro atoms. The predicted molar refractivity (Wildman–Crippen MR) is 267 cm³/mol. The van der Waals surface area contributed by atoms with Crippen molar-refractivity contribution in [2.75, 3.05) is 32.1 Å². The van der Waals surface area contributed by atoms with Crippen LogP contribution in [0.2, 0.25) is 0 Å². The standard InChI is InChI=1S/C51H95N5O10S/c1-2-3-4-5-6-7-8-9-10-11-12-15-18-22-29-39(37-65-50-49(63)48(62)47(61)41(36-57)66-50)54-45(60)33-23-19-16-13-14-17-20-27-34-52-43(58)31-24-21-28-35-53-44(59)32-26-25-30-42-46-40(38-67-42)55-51(64)56-46/h39-42,46-50,57,61-63H,2-38H2,1H3,(H,52,58)(H,53,59)(H,54,60)(H2,55,56,64)/t39-,40+,41+,42+,46+,47+,48+,49+,50+/m1/s1. The number of nitrogens with one attached hydrogen (secondary N) is 5. The third kappa shape index (κ3) is 26.5. The topological polar surface area (TPSA) is 228 Å². The van der Waals surface area contributed by atoms with E-state index in [9.17, 15) is 39.6 Å². The molecule has 0 radical (unpaired) electrons. The number of amides is 5. The lowest BCUT2D eigenvalue weighted by Gasteiger charge is -2.40. The average molecular weight is 970 g/mol. The molecular weight excluding hydrogens is 875 g/mol. The molecule has 0 aromatic carbocycles. The van der Waals surface area contributed by atoms with Crippen LogP contribution in [0.25, 0.3) is 0 Å². The minimum absolute atomic E-state index is 0.0330. The summed E-state index contributed by atoms with van der Waals surface area (Å²) in [6.45, 7) is 3.16. The molecule has 0 aliphatic carbocycles.